The third-order valence-electron chi connectivity index (χ3n) is 4.09. The molecule has 22 heavy (non-hydrogen) atoms. The van der Waals surface area contributed by atoms with E-state index in [4.69, 9.17) is 4.74 Å². The molecule has 0 aromatic heterocycles. The topological polar surface area (TPSA) is 24.5 Å². The third kappa shape index (κ3) is 5.62. The van der Waals surface area contributed by atoms with Gasteiger partial charge in [-0.25, -0.2) is 0 Å². The molecule has 2 rings (SSSR count). The summed E-state index contributed by atoms with van der Waals surface area (Å²) >= 11 is 0. The lowest BCUT2D eigenvalue weighted by Gasteiger charge is -2.36. The molecule has 1 atom stereocenters. The molecule has 1 N–H and O–H groups in total. The molecule has 1 aliphatic rings. The number of halogens is 2. The van der Waals surface area contributed by atoms with Gasteiger partial charge >= 0.3 is 0 Å². The number of hydrogen-bond acceptors (Lipinski definition) is 3. The van der Waals surface area contributed by atoms with E-state index in [0.717, 1.165) is 31.9 Å². The Labute approximate surface area is 147 Å². The highest BCUT2D eigenvalue weighted by Crippen LogP contribution is 2.31. The summed E-state index contributed by atoms with van der Waals surface area (Å²) in [5, 5.41) is 3.44. The van der Waals surface area contributed by atoms with E-state index in [1.54, 1.807) is 7.11 Å². The summed E-state index contributed by atoms with van der Waals surface area (Å²) in [6, 6.07) is 7.18. The van der Waals surface area contributed by atoms with Crippen LogP contribution in [0.4, 0.5) is 0 Å². The Morgan fingerprint density at radius 3 is 2.32 bits per heavy atom. The van der Waals surface area contributed by atoms with E-state index in [1.807, 2.05) is 0 Å². The van der Waals surface area contributed by atoms with Gasteiger partial charge in [0.05, 0.1) is 7.11 Å². The third-order valence-corrected chi connectivity index (χ3v) is 4.09. The molecule has 0 spiro atoms. The molecule has 1 heterocycles. The molecule has 1 aliphatic heterocycles. The van der Waals surface area contributed by atoms with E-state index in [1.165, 1.54) is 17.5 Å². The highest BCUT2D eigenvalue weighted by molar-refractivity contribution is 5.85. The normalized spacial score (nSPS) is 16.6. The Bertz CT molecular complexity index is 435. The van der Waals surface area contributed by atoms with Crippen molar-refractivity contribution in [2.45, 2.75) is 33.2 Å². The van der Waals surface area contributed by atoms with Crippen LogP contribution in [-0.2, 0) is 0 Å². The molecule has 1 aromatic rings. The lowest BCUT2D eigenvalue weighted by atomic mass is 9.94. The van der Waals surface area contributed by atoms with Crippen LogP contribution in [0.5, 0.6) is 5.75 Å². The predicted octanol–water partition coefficient (Wildman–Crippen LogP) is 3.84. The van der Waals surface area contributed by atoms with Crippen molar-refractivity contribution in [1.29, 1.82) is 0 Å². The number of nitrogens with zero attached hydrogens (tertiary/aromatic N) is 1. The van der Waals surface area contributed by atoms with Gasteiger partial charge in [-0.3, -0.25) is 4.90 Å². The molecule has 0 aliphatic carbocycles. The zero-order valence-electron chi connectivity index (χ0n) is 14.1. The second-order valence-electron chi connectivity index (χ2n) is 6.16. The molecule has 1 fully saturated rings. The first-order chi connectivity index (χ1) is 9.61. The monoisotopic (exact) mass is 348 g/mol. The lowest BCUT2D eigenvalue weighted by Crippen LogP contribution is -2.45. The number of nitrogens with one attached hydrogen (secondary N) is 1. The van der Waals surface area contributed by atoms with Gasteiger partial charge in [0.25, 0.3) is 0 Å². The predicted molar refractivity (Wildman–Crippen MR) is 98.9 cm³/mol. The minimum atomic E-state index is 0. The van der Waals surface area contributed by atoms with Crippen molar-refractivity contribution in [3.05, 3.63) is 29.3 Å². The van der Waals surface area contributed by atoms with Crippen LogP contribution in [0.15, 0.2) is 18.2 Å². The first-order valence-electron chi connectivity index (χ1n) is 7.71. The van der Waals surface area contributed by atoms with Gasteiger partial charge < -0.3 is 10.1 Å². The summed E-state index contributed by atoms with van der Waals surface area (Å²) in [6.07, 6.45) is 1.21. The van der Waals surface area contributed by atoms with Crippen molar-refractivity contribution < 1.29 is 4.74 Å². The van der Waals surface area contributed by atoms with Crippen LogP contribution in [-0.4, -0.2) is 38.2 Å². The number of methoxy groups -OCH3 is 1. The summed E-state index contributed by atoms with van der Waals surface area (Å²) in [4.78, 5) is 2.62. The summed E-state index contributed by atoms with van der Waals surface area (Å²) in [6.45, 7) is 11.2. The Morgan fingerprint density at radius 2 is 1.82 bits per heavy atom. The van der Waals surface area contributed by atoms with Crippen molar-refractivity contribution in [3.8, 4) is 5.75 Å². The highest BCUT2D eigenvalue weighted by Gasteiger charge is 2.23. The standard InChI is InChI=1S/C17H28N2O.2ClH/c1-13(2)11-16(19-9-7-18-8-10-19)15-5-6-17(20-4)14(3)12-15;;/h5-6,12-13,16,18H,7-11H2,1-4H3;2*1H/t16-;;/m0../s1. The van der Waals surface area contributed by atoms with Crippen molar-refractivity contribution in [2.75, 3.05) is 33.3 Å². The molecule has 128 valence electrons. The van der Waals surface area contributed by atoms with E-state index in [-0.39, 0.29) is 24.8 Å². The molecule has 0 radical (unpaired) electrons. The number of benzene rings is 1. The Kier molecular flexibility index (Phi) is 10.1. The van der Waals surface area contributed by atoms with Gasteiger partial charge in [-0.2, -0.15) is 0 Å². The second kappa shape index (κ2) is 10.3. The smallest absolute Gasteiger partial charge is 0.121 e. The number of piperazine rings is 1. The highest BCUT2D eigenvalue weighted by atomic mass is 35.5. The van der Waals surface area contributed by atoms with Crippen molar-refractivity contribution >= 4 is 24.8 Å². The number of hydrogen-bond donors (Lipinski definition) is 1. The van der Waals surface area contributed by atoms with Crippen LogP contribution < -0.4 is 10.1 Å². The van der Waals surface area contributed by atoms with E-state index in [2.05, 4.69) is 49.2 Å². The van der Waals surface area contributed by atoms with Gasteiger partial charge in [0.1, 0.15) is 5.75 Å². The van der Waals surface area contributed by atoms with Gasteiger partial charge in [-0.1, -0.05) is 26.0 Å². The molecule has 1 saturated heterocycles. The quantitative estimate of drug-likeness (QED) is 0.874. The van der Waals surface area contributed by atoms with Crippen molar-refractivity contribution in [3.63, 3.8) is 0 Å². The summed E-state index contributed by atoms with van der Waals surface area (Å²) in [5.41, 5.74) is 2.66. The zero-order chi connectivity index (χ0) is 14.5. The number of aryl methyl sites for hydroxylation is 1. The summed E-state index contributed by atoms with van der Waals surface area (Å²) in [5.74, 6) is 1.69. The van der Waals surface area contributed by atoms with Gasteiger partial charge in [0.2, 0.25) is 0 Å². The summed E-state index contributed by atoms with van der Waals surface area (Å²) in [7, 11) is 1.74. The minimum Gasteiger partial charge on any atom is -0.496 e. The molecule has 5 heteroatoms. The maximum Gasteiger partial charge on any atom is 0.121 e. The van der Waals surface area contributed by atoms with Crippen LogP contribution in [0.1, 0.15) is 37.4 Å². The first kappa shape index (κ1) is 21.5. The van der Waals surface area contributed by atoms with Crippen LogP contribution in [0, 0.1) is 12.8 Å². The molecule has 1 aromatic carbocycles. The lowest BCUT2D eigenvalue weighted by molar-refractivity contribution is 0.154. The molecular formula is C17H30Cl2N2O. The van der Waals surface area contributed by atoms with Crippen molar-refractivity contribution in [1.82, 2.24) is 10.2 Å². The summed E-state index contributed by atoms with van der Waals surface area (Å²) < 4.78 is 5.38. The van der Waals surface area contributed by atoms with E-state index >= 15 is 0 Å². The molecule has 0 saturated carbocycles. The molecule has 0 bridgehead atoms. The second-order valence-corrected chi connectivity index (χ2v) is 6.16. The fourth-order valence-electron chi connectivity index (χ4n) is 3.05. The number of ether oxygens (including phenoxy) is 1. The average Bonchev–Trinajstić information content (AvgIpc) is 2.45. The van der Waals surface area contributed by atoms with Gasteiger partial charge in [0, 0.05) is 32.2 Å². The van der Waals surface area contributed by atoms with Crippen LogP contribution >= 0.6 is 24.8 Å². The molecule has 3 nitrogen and oxygen atoms in total. The Balaban J connectivity index is 0.00000220. The van der Waals surface area contributed by atoms with Crippen LogP contribution in [0.25, 0.3) is 0 Å². The molecule has 0 amide bonds. The Morgan fingerprint density at radius 1 is 1.18 bits per heavy atom. The van der Waals surface area contributed by atoms with Crippen molar-refractivity contribution in [2.24, 2.45) is 5.92 Å². The fourth-order valence-corrected chi connectivity index (χ4v) is 3.05. The van der Waals surface area contributed by atoms with Crippen LogP contribution in [0.3, 0.4) is 0 Å². The number of rotatable bonds is 5. The van der Waals surface area contributed by atoms with E-state index < -0.39 is 0 Å². The van der Waals surface area contributed by atoms with Gasteiger partial charge in [-0.15, -0.1) is 24.8 Å². The Hall–Kier alpha value is -0.480. The van der Waals surface area contributed by atoms with E-state index in [9.17, 15) is 0 Å². The fraction of sp³-hybridized carbons (Fsp3) is 0.647. The SMILES string of the molecule is COc1ccc([C@H](CC(C)C)N2CCNCC2)cc1C.Cl.Cl. The molecular weight excluding hydrogens is 319 g/mol. The minimum absolute atomic E-state index is 0. The van der Waals surface area contributed by atoms with E-state index in [0.29, 0.717) is 12.0 Å². The molecule has 0 unspecified atom stereocenters. The van der Waals surface area contributed by atoms with Gasteiger partial charge in [-0.05, 0) is 36.5 Å². The first-order valence-corrected chi connectivity index (χ1v) is 7.71. The van der Waals surface area contributed by atoms with Crippen LogP contribution in [0.2, 0.25) is 0 Å². The zero-order valence-corrected chi connectivity index (χ0v) is 15.7. The maximum absolute atomic E-state index is 5.38. The largest absolute Gasteiger partial charge is 0.496 e. The maximum atomic E-state index is 5.38. The average molecular weight is 349 g/mol. The van der Waals surface area contributed by atoms with Gasteiger partial charge in [0.15, 0.2) is 0 Å².